The molecule has 3 rings (SSSR count). The second-order valence-electron chi connectivity index (χ2n) is 4.76. The maximum Gasteiger partial charge on any atom is 0.120 e. The summed E-state index contributed by atoms with van der Waals surface area (Å²) in [7, 11) is 0. The van der Waals surface area contributed by atoms with Gasteiger partial charge in [-0.2, -0.15) is 5.26 Å². The Balaban J connectivity index is 1.85. The van der Waals surface area contributed by atoms with Crippen molar-refractivity contribution in [3.05, 3.63) is 36.0 Å². The minimum absolute atomic E-state index is 0.283. The van der Waals surface area contributed by atoms with E-state index in [1.54, 1.807) is 6.20 Å². The van der Waals surface area contributed by atoms with Crippen LogP contribution < -0.4 is 10.1 Å². The summed E-state index contributed by atoms with van der Waals surface area (Å²) in [6, 6.07) is 9.80. The molecule has 0 spiro atoms. The van der Waals surface area contributed by atoms with Crippen molar-refractivity contribution < 1.29 is 4.74 Å². The standard InChI is InChI=1S/C15H15N3O/c16-9-11-7-12-8-14(1-2-15(12)18-10-11)19-13-3-5-17-6-4-13/h1-2,7-8,10,13,17H,3-6H2. The van der Waals surface area contributed by atoms with Gasteiger partial charge in [-0.15, -0.1) is 0 Å². The van der Waals surface area contributed by atoms with Gasteiger partial charge in [-0.05, 0) is 50.2 Å². The van der Waals surface area contributed by atoms with Gasteiger partial charge in [0.1, 0.15) is 17.9 Å². The third-order valence-electron chi connectivity index (χ3n) is 3.37. The first-order valence-corrected chi connectivity index (χ1v) is 6.52. The highest BCUT2D eigenvalue weighted by molar-refractivity contribution is 5.81. The van der Waals surface area contributed by atoms with Gasteiger partial charge in [-0.25, -0.2) is 0 Å². The summed E-state index contributed by atoms with van der Waals surface area (Å²) in [5, 5.41) is 13.2. The molecule has 0 amide bonds. The first-order chi connectivity index (χ1) is 9.35. The van der Waals surface area contributed by atoms with Crippen LogP contribution in [0, 0.1) is 11.3 Å². The predicted octanol–water partition coefficient (Wildman–Crippen LogP) is 2.24. The van der Waals surface area contributed by atoms with E-state index in [1.807, 2.05) is 24.3 Å². The molecule has 1 fully saturated rings. The van der Waals surface area contributed by atoms with E-state index in [0.717, 1.165) is 42.6 Å². The van der Waals surface area contributed by atoms with Crippen LogP contribution in [0.4, 0.5) is 0 Å². The molecular formula is C15H15N3O. The Labute approximate surface area is 112 Å². The van der Waals surface area contributed by atoms with E-state index >= 15 is 0 Å². The monoisotopic (exact) mass is 253 g/mol. The fourth-order valence-corrected chi connectivity index (χ4v) is 2.35. The van der Waals surface area contributed by atoms with Gasteiger partial charge in [0.15, 0.2) is 0 Å². The number of hydrogen-bond donors (Lipinski definition) is 1. The lowest BCUT2D eigenvalue weighted by Crippen LogP contribution is -2.34. The summed E-state index contributed by atoms with van der Waals surface area (Å²) in [5.41, 5.74) is 1.46. The molecule has 96 valence electrons. The number of ether oxygens (including phenoxy) is 1. The number of hydrogen-bond acceptors (Lipinski definition) is 4. The zero-order valence-corrected chi connectivity index (χ0v) is 10.6. The molecule has 0 saturated carbocycles. The third-order valence-corrected chi connectivity index (χ3v) is 3.37. The number of benzene rings is 1. The van der Waals surface area contributed by atoms with Crippen molar-refractivity contribution >= 4 is 10.9 Å². The van der Waals surface area contributed by atoms with Crippen molar-refractivity contribution in [2.24, 2.45) is 0 Å². The number of nitrogens with zero attached hydrogens (tertiary/aromatic N) is 2. The summed E-state index contributed by atoms with van der Waals surface area (Å²) < 4.78 is 5.99. The molecule has 4 nitrogen and oxygen atoms in total. The van der Waals surface area contributed by atoms with E-state index < -0.39 is 0 Å². The first kappa shape index (κ1) is 11.9. The Hall–Kier alpha value is -2.12. The van der Waals surface area contributed by atoms with E-state index in [4.69, 9.17) is 10.00 Å². The zero-order valence-electron chi connectivity index (χ0n) is 10.6. The van der Waals surface area contributed by atoms with Crippen LogP contribution in [0.1, 0.15) is 18.4 Å². The second kappa shape index (κ2) is 5.25. The molecule has 1 aliphatic heterocycles. The molecule has 1 aliphatic rings. The number of rotatable bonds is 2. The lowest BCUT2D eigenvalue weighted by Gasteiger charge is -2.23. The molecule has 0 atom stereocenters. The maximum atomic E-state index is 8.90. The summed E-state index contributed by atoms with van der Waals surface area (Å²) in [5.74, 6) is 0.858. The molecule has 0 bridgehead atoms. The minimum Gasteiger partial charge on any atom is -0.490 e. The van der Waals surface area contributed by atoms with Gasteiger partial charge in [-0.1, -0.05) is 0 Å². The quantitative estimate of drug-likeness (QED) is 0.891. The van der Waals surface area contributed by atoms with Crippen LogP contribution in [0.2, 0.25) is 0 Å². The molecule has 19 heavy (non-hydrogen) atoms. The summed E-state index contributed by atoms with van der Waals surface area (Å²) in [6.07, 6.45) is 3.95. The van der Waals surface area contributed by atoms with Gasteiger partial charge in [0, 0.05) is 11.6 Å². The molecule has 2 heterocycles. The van der Waals surface area contributed by atoms with Gasteiger partial charge in [0.2, 0.25) is 0 Å². The number of nitrogens with one attached hydrogen (secondary N) is 1. The van der Waals surface area contributed by atoms with Crippen molar-refractivity contribution in [2.45, 2.75) is 18.9 Å². The van der Waals surface area contributed by atoms with E-state index in [9.17, 15) is 0 Å². The number of nitriles is 1. The topological polar surface area (TPSA) is 57.9 Å². The molecule has 0 unspecified atom stereocenters. The van der Waals surface area contributed by atoms with Crippen LogP contribution in [0.5, 0.6) is 5.75 Å². The van der Waals surface area contributed by atoms with E-state index in [1.165, 1.54) is 0 Å². The van der Waals surface area contributed by atoms with Crippen LogP contribution in [-0.4, -0.2) is 24.2 Å². The van der Waals surface area contributed by atoms with Crippen molar-refractivity contribution in [3.8, 4) is 11.8 Å². The molecule has 0 radical (unpaired) electrons. The average molecular weight is 253 g/mol. The van der Waals surface area contributed by atoms with E-state index in [-0.39, 0.29) is 6.10 Å². The Morgan fingerprint density at radius 1 is 1.26 bits per heavy atom. The van der Waals surface area contributed by atoms with Crippen molar-refractivity contribution in [3.63, 3.8) is 0 Å². The van der Waals surface area contributed by atoms with Crippen LogP contribution in [-0.2, 0) is 0 Å². The fourth-order valence-electron chi connectivity index (χ4n) is 2.35. The summed E-state index contributed by atoms with van der Waals surface area (Å²) in [4.78, 5) is 4.25. The minimum atomic E-state index is 0.283. The van der Waals surface area contributed by atoms with E-state index in [0.29, 0.717) is 5.56 Å². The highest BCUT2D eigenvalue weighted by Crippen LogP contribution is 2.22. The van der Waals surface area contributed by atoms with Crippen LogP contribution >= 0.6 is 0 Å². The number of piperidine rings is 1. The van der Waals surface area contributed by atoms with E-state index in [2.05, 4.69) is 16.4 Å². The number of fused-ring (bicyclic) bond motifs is 1. The Bertz CT molecular complexity index is 627. The highest BCUT2D eigenvalue weighted by Gasteiger charge is 2.14. The van der Waals surface area contributed by atoms with Crippen molar-refractivity contribution in [1.82, 2.24) is 10.3 Å². The molecule has 1 N–H and O–H groups in total. The highest BCUT2D eigenvalue weighted by atomic mass is 16.5. The molecule has 4 heteroatoms. The lowest BCUT2D eigenvalue weighted by molar-refractivity contribution is 0.162. The Kier molecular flexibility index (Phi) is 3.30. The molecular weight excluding hydrogens is 238 g/mol. The normalized spacial score (nSPS) is 16.2. The van der Waals surface area contributed by atoms with Crippen LogP contribution in [0.3, 0.4) is 0 Å². The SMILES string of the molecule is N#Cc1cnc2ccc(OC3CCNCC3)cc2c1. The number of aromatic nitrogens is 1. The number of pyridine rings is 1. The maximum absolute atomic E-state index is 8.90. The van der Waals surface area contributed by atoms with Gasteiger partial charge >= 0.3 is 0 Å². The van der Waals surface area contributed by atoms with Crippen molar-refractivity contribution in [2.75, 3.05) is 13.1 Å². The predicted molar refractivity (Wildman–Crippen MR) is 73.0 cm³/mol. The van der Waals surface area contributed by atoms with Crippen molar-refractivity contribution in [1.29, 1.82) is 5.26 Å². The summed E-state index contributed by atoms with van der Waals surface area (Å²) >= 11 is 0. The largest absolute Gasteiger partial charge is 0.490 e. The fraction of sp³-hybridized carbons (Fsp3) is 0.333. The smallest absolute Gasteiger partial charge is 0.120 e. The second-order valence-corrected chi connectivity index (χ2v) is 4.76. The van der Waals surface area contributed by atoms with Gasteiger partial charge in [0.25, 0.3) is 0 Å². The molecule has 1 aromatic heterocycles. The van der Waals surface area contributed by atoms with Crippen LogP contribution in [0.25, 0.3) is 10.9 Å². The van der Waals surface area contributed by atoms with Gasteiger partial charge in [-0.3, -0.25) is 4.98 Å². The summed E-state index contributed by atoms with van der Waals surface area (Å²) in [6.45, 7) is 2.02. The van der Waals surface area contributed by atoms with Gasteiger partial charge in [0.05, 0.1) is 11.1 Å². The first-order valence-electron chi connectivity index (χ1n) is 6.52. The molecule has 2 aromatic rings. The zero-order chi connectivity index (χ0) is 13.1. The third kappa shape index (κ3) is 2.67. The lowest BCUT2D eigenvalue weighted by atomic mass is 10.1. The molecule has 1 saturated heterocycles. The van der Waals surface area contributed by atoms with Gasteiger partial charge < -0.3 is 10.1 Å². The Morgan fingerprint density at radius 3 is 2.89 bits per heavy atom. The Morgan fingerprint density at radius 2 is 2.11 bits per heavy atom. The van der Waals surface area contributed by atoms with Crippen LogP contribution in [0.15, 0.2) is 30.5 Å². The molecule has 1 aromatic carbocycles. The molecule has 0 aliphatic carbocycles. The average Bonchev–Trinajstić information content (AvgIpc) is 2.47.